The van der Waals surface area contributed by atoms with E-state index in [1.54, 1.807) is 12.1 Å². The van der Waals surface area contributed by atoms with Crippen molar-refractivity contribution >= 4 is 23.9 Å². The van der Waals surface area contributed by atoms with E-state index in [-0.39, 0.29) is 18.1 Å². The zero-order valence-corrected chi connectivity index (χ0v) is 17.3. The Kier molecular flexibility index (Phi) is 7.37. The van der Waals surface area contributed by atoms with Crippen molar-refractivity contribution in [1.29, 1.82) is 0 Å². The van der Waals surface area contributed by atoms with Crippen LogP contribution in [0.5, 0.6) is 0 Å². The molecule has 1 heterocycles. The zero-order chi connectivity index (χ0) is 22.9. The van der Waals surface area contributed by atoms with Gasteiger partial charge in [-0.15, -0.1) is 4.99 Å². The topological polar surface area (TPSA) is 136 Å². The fourth-order valence-electron chi connectivity index (χ4n) is 2.71. The molecule has 2 aromatic carbocycles. The number of ether oxygens (including phenoxy) is 1. The number of carbonyl (C=O) groups is 3. The van der Waals surface area contributed by atoms with Gasteiger partial charge in [-0.05, 0) is 35.7 Å². The van der Waals surface area contributed by atoms with E-state index in [9.17, 15) is 14.4 Å². The lowest BCUT2D eigenvalue weighted by atomic mass is 10.1. The summed E-state index contributed by atoms with van der Waals surface area (Å²) in [7, 11) is 0. The van der Waals surface area contributed by atoms with Crippen LogP contribution in [0.25, 0.3) is 0 Å². The fraction of sp³-hybridized carbons (Fsp3) is 0.130. The number of nitrogens with two attached hydrogens (primary N) is 1. The van der Waals surface area contributed by atoms with Gasteiger partial charge in [-0.25, -0.2) is 4.79 Å². The Labute approximate surface area is 184 Å². The summed E-state index contributed by atoms with van der Waals surface area (Å²) in [5.41, 5.74) is 8.36. The van der Waals surface area contributed by atoms with Crippen molar-refractivity contribution in [1.82, 2.24) is 10.6 Å². The first kappa shape index (κ1) is 22.3. The molecule has 0 saturated carbocycles. The Bertz CT molecular complexity index is 1140. The molecule has 0 radical (unpaired) electrons. The van der Waals surface area contributed by atoms with Crippen LogP contribution in [0.4, 0.5) is 4.79 Å². The Morgan fingerprint density at radius 1 is 0.938 bits per heavy atom. The number of aryl methyl sites for hydroxylation is 1. The van der Waals surface area contributed by atoms with E-state index in [1.807, 2.05) is 49.4 Å². The number of nitrogens with zero attached hydrogens (tertiary/aromatic N) is 1. The van der Waals surface area contributed by atoms with Gasteiger partial charge in [0.25, 0.3) is 11.8 Å². The molecule has 0 aliphatic heterocycles. The maximum absolute atomic E-state index is 12.3. The molecule has 3 amide bonds. The van der Waals surface area contributed by atoms with Crippen molar-refractivity contribution in [2.75, 3.05) is 0 Å². The van der Waals surface area contributed by atoms with Crippen LogP contribution in [-0.4, -0.2) is 23.9 Å². The highest BCUT2D eigenvalue weighted by Gasteiger charge is 2.17. The molecular formula is C23H22N4O5. The van der Waals surface area contributed by atoms with Crippen LogP contribution in [-0.2, 0) is 17.9 Å². The predicted octanol–water partition coefficient (Wildman–Crippen LogP) is 2.90. The molecule has 164 valence electrons. The van der Waals surface area contributed by atoms with E-state index in [1.165, 1.54) is 12.1 Å². The second-order valence-corrected chi connectivity index (χ2v) is 6.76. The summed E-state index contributed by atoms with van der Waals surface area (Å²) in [5, 5.41) is 4.93. The minimum absolute atomic E-state index is 0.0174. The Morgan fingerprint density at radius 3 is 2.31 bits per heavy atom. The molecule has 32 heavy (non-hydrogen) atoms. The molecule has 9 nitrogen and oxygen atoms in total. The number of furan rings is 1. The van der Waals surface area contributed by atoms with Crippen LogP contribution in [0.3, 0.4) is 0 Å². The zero-order valence-electron chi connectivity index (χ0n) is 17.3. The van der Waals surface area contributed by atoms with Gasteiger partial charge in [-0.3, -0.25) is 14.9 Å². The van der Waals surface area contributed by atoms with Crippen LogP contribution in [0.15, 0.2) is 76.1 Å². The van der Waals surface area contributed by atoms with E-state index >= 15 is 0 Å². The number of hydrogen-bond acceptors (Lipinski definition) is 5. The van der Waals surface area contributed by atoms with Gasteiger partial charge in [-0.2, -0.15) is 0 Å². The van der Waals surface area contributed by atoms with E-state index in [2.05, 4.69) is 15.6 Å². The van der Waals surface area contributed by atoms with Crippen LogP contribution >= 0.6 is 0 Å². The number of guanidine groups is 1. The van der Waals surface area contributed by atoms with E-state index in [4.69, 9.17) is 14.9 Å². The molecule has 0 spiro atoms. The normalized spacial score (nSPS) is 11.0. The van der Waals surface area contributed by atoms with E-state index in [0.29, 0.717) is 6.54 Å². The monoisotopic (exact) mass is 434 g/mol. The lowest BCUT2D eigenvalue weighted by Crippen LogP contribution is -2.37. The maximum atomic E-state index is 12.3. The van der Waals surface area contributed by atoms with Crippen molar-refractivity contribution in [2.45, 2.75) is 20.1 Å². The summed E-state index contributed by atoms with van der Waals surface area (Å²) in [5.74, 6) is -1.91. The maximum Gasteiger partial charge on any atom is 0.437 e. The minimum atomic E-state index is -0.956. The number of carbonyl (C=O) groups excluding carboxylic acids is 3. The van der Waals surface area contributed by atoms with Crippen LogP contribution in [0, 0.1) is 6.92 Å². The first-order valence-corrected chi connectivity index (χ1v) is 9.71. The molecule has 4 N–H and O–H groups in total. The molecule has 0 aliphatic carbocycles. The predicted molar refractivity (Wildman–Crippen MR) is 117 cm³/mol. The van der Waals surface area contributed by atoms with Crippen LogP contribution in [0.1, 0.15) is 37.8 Å². The van der Waals surface area contributed by atoms with Gasteiger partial charge in [0.15, 0.2) is 11.5 Å². The third-order valence-corrected chi connectivity index (χ3v) is 4.41. The second kappa shape index (κ2) is 10.6. The molecule has 0 atom stereocenters. The van der Waals surface area contributed by atoms with Gasteiger partial charge in [0, 0.05) is 6.54 Å². The van der Waals surface area contributed by atoms with Crippen molar-refractivity contribution < 1.29 is 23.5 Å². The number of nitrogens with one attached hydrogen (secondary N) is 2. The van der Waals surface area contributed by atoms with E-state index < -0.39 is 23.9 Å². The number of rotatable bonds is 6. The number of aliphatic imine (C=N–C) groups is 1. The molecule has 0 bridgehead atoms. The number of hydrogen-bond donors (Lipinski definition) is 3. The van der Waals surface area contributed by atoms with Crippen LogP contribution in [0.2, 0.25) is 0 Å². The van der Waals surface area contributed by atoms with E-state index in [0.717, 1.165) is 16.7 Å². The second-order valence-electron chi connectivity index (χ2n) is 6.76. The SMILES string of the molecule is Cc1ccccc1CNC(=O)c1ccc(C(=O)NC(N)=NC(=O)OCc2ccccc2)o1. The quantitative estimate of drug-likeness (QED) is 0.403. The summed E-state index contributed by atoms with van der Waals surface area (Å²) in [6.07, 6.45) is -0.956. The third kappa shape index (κ3) is 6.30. The lowest BCUT2D eigenvalue weighted by Gasteiger charge is -2.06. The summed E-state index contributed by atoms with van der Waals surface area (Å²) in [6, 6.07) is 19.4. The van der Waals surface area contributed by atoms with Gasteiger partial charge in [0.2, 0.25) is 5.96 Å². The summed E-state index contributed by atoms with van der Waals surface area (Å²) >= 11 is 0. The molecule has 0 aliphatic rings. The van der Waals surface area contributed by atoms with Crippen molar-refractivity contribution in [3.63, 3.8) is 0 Å². The highest BCUT2D eigenvalue weighted by atomic mass is 16.5. The summed E-state index contributed by atoms with van der Waals surface area (Å²) < 4.78 is 10.2. The van der Waals surface area contributed by atoms with Gasteiger partial charge < -0.3 is 20.2 Å². The molecule has 0 fully saturated rings. The molecule has 3 aromatic rings. The lowest BCUT2D eigenvalue weighted by molar-refractivity contribution is 0.0908. The smallest absolute Gasteiger partial charge is 0.437 e. The first-order valence-electron chi connectivity index (χ1n) is 9.71. The standard InChI is InChI=1S/C23H22N4O5/c1-15-7-5-6-10-17(15)13-25-20(28)18-11-12-19(32-18)21(29)26-22(24)27-23(30)31-14-16-8-3-2-4-9-16/h2-12H,13-14H2,1H3,(H,25,28)(H3,24,26,27,29,30). The average molecular weight is 434 g/mol. The highest BCUT2D eigenvalue weighted by molar-refractivity contribution is 6.06. The Hall–Kier alpha value is -4.40. The average Bonchev–Trinajstić information content (AvgIpc) is 3.28. The third-order valence-electron chi connectivity index (χ3n) is 4.41. The minimum Gasteiger partial charge on any atom is -0.446 e. The highest BCUT2D eigenvalue weighted by Crippen LogP contribution is 2.10. The molecule has 0 unspecified atom stereocenters. The molecular weight excluding hydrogens is 412 g/mol. The first-order chi connectivity index (χ1) is 15.4. The summed E-state index contributed by atoms with van der Waals surface area (Å²) in [4.78, 5) is 39.7. The van der Waals surface area contributed by atoms with Gasteiger partial charge in [0.05, 0.1) is 0 Å². The van der Waals surface area contributed by atoms with Crippen molar-refractivity contribution in [2.24, 2.45) is 10.7 Å². The fourth-order valence-corrected chi connectivity index (χ4v) is 2.71. The molecule has 0 saturated heterocycles. The largest absolute Gasteiger partial charge is 0.446 e. The summed E-state index contributed by atoms with van der Waals surface area (Å²) in [6.45, 7) is 2.28. The number of amides is 3. The van der Waals surface area contributed by atoms with Crippen molar-refractivity contribution in [3.05, 3.63) is 94.9 Å². The van der Waals surface area contributed by atoms with Crippen LogP contribution < -0.4 is 16.4 Å². The Balaban J connectivity index is 1.50. The van der Waals surface area contributed by atoms with Gasteiger partial charge in [0.1, 0.15) is 6.61 Å². The van der Waals surface area contributed by atoms with Gasteiger partial charge in [-0.1, -0.05) is 54.6 Å². The number of benzene rings is 2. The Morgan fingerprint density at radius 2 is 1.59 bits per heavy atom. The molecule has 3 rings (SSSR count). The van der Waals surface area contributed by atoms with Gasteiger partial charge >= 0.3 is 6.09 Å². The molecule has 1 aromatic heterocycles. The van der Waals surface area contributed by atoms with Crippen molar-refractivity contribution in [3.8, 4) is 0 Å². The molecule has 9 heteroatoms.